The fourth-order valence-electron chi connectivity index (χ4n) is 2.34. The van der Waals surface area contributed by atoms with Crippen LogP contribution >= 0.6 is 11.6 Å². The van der Waals surface area contributed by atoms with Crippen molar-refractivity contribution in [2.24, 2.45) is 11.1 Å². The Labute approximate surface area is 110 Å². The third-order valence-electron chi connectivity index (χ3n) is 3.71. The van der Waals surface area contributed by atoms with Gasteiger partial charge in [-0.05, 0) is 48.9 Å². The number of nitrogens with two attached hydrogens (primary N) is 1. The number of rotatable bonds is 7. The minimum absolute atomic E-state index is 0.251. The lowest BCUT2D eigenvalue weighted by molar-refractivity contribution is 0.251. The third-order valence-corrected chi connectivity index (χ3v) is 3.95. The summed E-state index contributed by atoms with van der Waals surface area (Å²) in [5.74, 6) is 0. The van der Waals surface area contributed by atoms with Crippen LogP contribution in [-0.2, 0) is 6.42 Å². The van der Waals surface area contributed by atoms with E-state index in [0.717, 1.165) is 24.4 Å². The molecule has 2 heteroatoms. The van der Waals surface area contributed by atoms with Gasteiger partial charge in [0.2, 0.25) is 0 Å². The van der Waals surface area contributed by atoms with Crippen molar-refractivity contribution in [3.8, 4) is 0 Å². The molecule has 1 aromatic rings. The normalized spacial score (nSPS) is 14.6. The van der Waals surface area contributed by atoms with Crippen LogP contribution in [0.4, 0.5) is 0 Å². The molecular formula is C15H24ClN. The lowest BCUT2D eigenvalue weighted by Crippen LogP contribution is -2.32. The van der Waals surface area contributed by atoms with E-state index in [0.29, 0.717) is 0 Å². The first-order chi connectivity index (χ1) is 8.15. The molecule has 0 radical (unpaired) electrons. The number of unbranched alkanes of at least 4 members (excludes halogenated alkanes) is 1. The van der Waals surface area contributed by atoms with E-state index in [4.69, 9.17) is 17.3 Å². The average molecular weight is 254 g/mol. The predicted molar refractivity (Wildman–Crippen MR) is 76.5 cm³/mol. The minimum Gasteiger partial charge on any atom is -0.330 e. The van der Waals surface area contributed by atoms with E-state index >= 15 is 0 Å². The summed E-state index contributed by atoms with van der Waals surface area (Å²) in [6, 6.07) is 8.16. The van der Waals surface area contributed by atoms with Crippen molar-refractivity contribution >= 4 is 11.6 Å². The van der Waals surface area contributed by atoms with E-state index in [-0.39, 0.29) is 5.41 Å². The topological polar surface area (TPSA) is 26.0 Å². The standard InChI is InChI=1S/C15H24ClN/c1-3-5-9-15(4-2,12-17)11-13-7-6-8-14(16)10-13/h6-8,10H,3-5,9,11-12,17H2,1-2H3. The number of benzene rings is 1. The van der Waals surface area contributed by atoms with Crippen LogP contribution in [0.25, 0.3) is 0 Å². The minimum atomic E-state index is 0.251. The van der Waals surface area contributed by atoms with E-state index in [9.17, 15) is 0 Å². The second-order valence-corrected chi connectivity index (χ2v) is 5.40. The van der Waals surface area contributed by atoms with E-state index in [1.54, 1.807) is 0 Å². The second-order valence-electron chi connectivity index (χ2n) is 4.97. The van der Waals surface area contributed by atoms with Gasteiger partial charge >= 0.3 is 0 Å². The van der Waals surface area contributed by atoms with Crippen LogP contribution in [0.1, 0.15) is 45.1 Å². The molecule has 0 amide bonds. The molecule has 0 aliphatic rings. The summed E-state index contributed by atoms with van der Waals surface area (Å²) in [4.78, 5) is 0. The molecule has 0 aromatic heterocycles. The van der Waals surface area contributed by atoms with Crippen LogP contribution in [-0.4, -0.2) is 6.54 Å². The smallest absolute Gasteiger partial charge is 0.0408 e. The van der Waals surface area contributed by atoms with Crippen molar-refractivity contribution in [3.05, 3.63) is 34.9 Å². The summed E-state index contributed by atoms with van der Waals surface area (Å²) in [5, 5.41) is 0.819. The Hall–Kier alpha value is -0.530. The highest BCUT2D eigenvalue weighted by Crippen LogP contribution is 2.32. The molecule has 2 N–H and O–H groups in total. The Kier molecular flexibility index (Phi) is 6.01. The quantitative estimate of drug-likeness (QED) is 0.765. The highest BCUT2D eigenvalue weighted by atomic mass is 35.5. The van der Waals surface area contributed by atoms with Gasteiger partial charge in [-0.3, -0.25) is 0 Å². The predicted octanol–water partition coefficient (Wildman–Crippen LogP) is 4.43. The molecule has 1 atom stereocenters. The van der Waals surface area contributed by atoms with Gasteiger partial charge in [-0.15, -0.1) is 0 Å². The summed E-state index contributed by atoms with van der Waals surface area (Å²) in [6.45, 7) is 5.24. The van der Waals surface area contributed by atoms with E-state index in [2.05, 4.69) is 26.0 Å². The molecule has 1 unspecified atom stereocenters. The zero-order valence-electron chi connectivity index (χ0n) is 11.0. The Morgan fingerprint density at radius 1 is 1.29 bits per heavy atom. The van der Waals surface area contributed by atoms with Crippen molar-refractivity contribution in [1.29, 1.82) is 0 Å². The van der Waals surface area contributed by atoms with Gasteiger partial charge in [0, 0.05) is 5.02 Å². The van der Waals surface area contributed by atoms with Crippen molar-refractivity contribution in [2.75, 3.05) is 6.54 Å². The molecule has 0 aliphatic heterocycles. The first kappa shape index (κ1) is 14.5. The molecule has 0 saturated carbocycles. The zero-order valence-corrected chi connectivity index (χ0v) is 11.8. The second kappa shape index (κ2) is 7.03. The highest BCUT2D eigenvalue weighted by Gasteiger charge is 2.26. The lowest BCUT2D eigenvalue weighted by Gasteiger charge is -2.31. The fourth-order valence-corrected chi connectivity index (χ4v) is 2.55. The molecule has 17 heavy (non-hydrogen) atoms. The zero-order chi connectivity index (χ0) is 12.7. The van der Waals surface area contributed by atoms with Gasteiger partial charge in [-0.2, -0.15) is 0 Å². The van der Waals surface area contributed by atoms with Crippen LogP contribution in [0, 0.1) is 5.41 Å². The maximum absolute atomic E-state index is 6.03. The van der Waals surface area contributed by atoms with Crippen LogP contribution in [0.15, 0.2) is 24.3 Å². The molecule has 1 nitrogen and oxygen atoms in total. The van der Waals surface area contributed by atoms with Crippen molar-refractivity contribution in [1.82, 2.24) is 0 Å². The largest absolute Gasteiger partial charge is 0.330 e. The molecule has 0 saturated heterocycles. The number of halogens is 1. The first-order valence-electron chi connectivity index (χ1n) is 6.60. The van der Waals surface area contributed by atoms with Crippen molar-refractivity contribution in [3.63, 3.8) is 0 Å². The molecule has 1 aromatic carbocycles. The molecule has 0 fully saturated rings. The van der Waals surface area contributed by atoms with Crippen molar-refractivity contribution in [2.45, 2.75) is 46.0 Å². The maximum Gasteiger partial charge on any atom is 0.0408 e. The van der Waals surface area contributed by atoms with Gasteiger partial charge in [0.15, 0.2) is 0 Å². The number of hydrogen-bond acceptors (Lipinski definition) is 1. The Balaban J connectivity index is 2.78. The van der Waals surface area contributed by atoms with Crippen LogP contribution in [0.3, 0.4) is 0 Å². The van der Waals surface area contributed by atoms with Gasteiger partial charge in [0.25, 0.3) is 0 Å². The Bertz CT molecular complexity index is 331. The summed E-state index contributed by atoms with van der Waals surface area (Å²) < 4.78 is 0. The molecule has 0 spiro atoms. The van der Waals surface area contributed by atoms with E-state index in [1.807, 2.05) is 12.1 Å². The van der Waals surface area contributed by atoms with Gasteiger partial charge in [-0.1, -0.05) is 50.4 Å². The Morgan fingerprint density at radius 2 is 2.06 bits per heavy atom. The van der Waals surface area contributed by atoms with Gasteiger partial charge < -0.3 is 5.73 Å². The van der Waals surface area contributed by atoms with E-state index in [1.165, 1.54) is 24.8 Å². The van der Waals surface area contributed by atoms with Crippen LogP contribution < -0.4 is 5.73 Å². The Morgan fingerprint density at radius 3 is 2.59 bits per heavy atom. The highest BCUT2D eigenvalue weighted by molar-refractivity contribution is 6.30. The molecule has 0 aliphatic carbocycles. The van der Waals surface area contributed by atoms with Gasteiger partial charge in [0.05, 0.1) is 0 Å². The lowest BCUT2D eigenvalue weighted by atomic mass is 9.75. The van der Waals surface area contributed by atoms with Gasteiger partial charge in [-0.25, -0.2) is 0 Å². The molecule has 1 rings (SSSR count). The third kappa shape index (κ3) is 4.33. The SMILES string of the molecule is CCCCC(CC)(CN)Cc1cccc(Cl)c1. The number of hydrogen-bond donors (Lipinski definition) is 1. The average Bonchev–Trinajstić information content (AvgIpc) is 2.35. The summed E-state index contributed by atoms with van der Waals surface area (Å²) in [7, 11) is 0. The summed E-state index contributed by atoms with van der Waals surface area (Å²) >= 11 is 6.03. The fraction of sp³-hybridized carbons (Fsp3) is 0.600. The van der Waals surface area contributed by atoms with Crippen LogP contribution in [0.2, 0.25) is 5.02 Å². The summed E-state index contributed by atoms with van der Waals surface area (Å²) in [6.07, 6.45) is 5.88. The molecular weight excluding hydrogens is 230 g/mol. The van der Waals surface area contributed by atoms with Gasteiger partial charge in [0.1, 0.15) is 0 Å². The molecule has 96 valence electrons. The summed E-state index contributed by atoms with van der Waals surface area (Å²) in [5.41, 5.74) is 7.57. The van der Waals surface area contributed by atoms with Crippen molar-refractivity contribution < 1.29 is 0 Å². The monoisotopic (exact) mass is 253 g/mol. The molecule has 0 heterocycles. The van der Waals surface area contributed by atoms with Crippen LogP contribution in [0.5, 0.6) is 0 Å². The molecule has 0 bridgehead atoms. The van der Waals surface area contributed by atoms with E-state index < -0.39 is 0 Å². The first-order valence-corrected chi connectivity index (χ1v) is 6.98. The maximum atomic E-state index is 6.03.